The van der Waals surface area contributed by atoms with Crippen molar-refractivity contribution in [2.24, 2.45) is 0 Å². The van der Waals surface area contributed by atoms with Gasteiger partial charge in [0.15, 0.2) is 11.6 Å². The van der Waals surface area contributed by atoms with E-state index in [4.69, 9.17) is 9.47 Å². The van der Waals surface area contributed by atoms with Gasteiger partial charge in [0, 0.05) is 25.9 Å². The molecule has 0 radical (unpaired) electrons. The van der Waals surface area contributed by atoms with Crippen LogP contribution in [0.5, 0.6) is 0 Å². The molecule has 0 bridgehead atoms. The van der Waals surface area contributed by atoms with Crippen LogP contribution in [0.4, 0.5) is 5.82 Å². The van der Waals surface area contributed by atoms with Gasteiger partial charge in [0.1, 0.15) is 11.6 Å². The van der Waals surface area contributed by atoms with Crippen molar-refractivity contribution in [2.45, 2.75) is 32.5 Å². The van der Waals surface area contributed by atoms with E-state index >= 15 is 0 Å². The van der Waals surface area contributed by atoms with Crippen LogP contribution in [0.15, 0.2) is 0 Å². The number of ether oxygens (including phenoxy) is 2. The number of anilines is 1. The van der Waals surface area contributed by atoms with Crippen molar-refractivity contribution in [2.75, 3.05) is 31.2 Å². The molecule has 0 unspecified atom stereocenters. The molecule has 0 amide bonds. The maximum Gasteiger partial charge on any atom is 0.171 e. The van der Waals surface area contributed by atoms with Crippen molar-refractivity contribution in [1.82, 2.24) is 10.2 Å². The van der Waals surface area contributed by atoms with Gasteiger partial charge in [-0.15, -0.1) is 5.10 Å². The maximum absolute atomic E-state index is 9.37. The Balaban J connectivity index is 1.82. The van der Waals surface area contributed by atoms with Crippen molar-refractivity contribution in [3.8, 4) is 6.07 Å². The van der Waals surface area contributed by atoms with Gasteiger partial charge in [-0.2, -0.15) is 10.4 Å². The molecule has 6 heteroatoms. The van der Waals surface area contributed by atoms with Gasteiger partial charge >= 0.3 is 0 Å². The molecule has 3 heterocycles. The number of rotatable bonds is 1. The molecule has 0 atom stereocenters. The summed E-state index contributed by atoms with van der Waals surface area (Å²) in [4.78, 5) is 2.11. The Bertz CT molecular complexity index is 551. The summed E-state index contributed by atoms with van der Waals surface area (Å²) in [7, 11) is 0. The molecule has 2 aliphatic rings. The lowest BCUT2D eigenvalue weighted by molar-refractivity contribution is -0.169. The number of nitrogens with zero attached hydrogens (tertiary/aromatic N) is 4. The van der Waals surface area contributed by atoms with Crippen LogP contribution in [-0.4, -0.2) is 42.3 Å². The lowest BCUT2D eigenvalue weighted by atomic mass is 10.0. The molecule has 1 aromatic rings. The fraction of sp³-hybridized carbons (Fsp3) is 0.643. The highest BCUT2D eigenvalue weighted by molar-refractivity contribution is 5.57. The molecule has 2 saturated heterocycles. The van der Waals surface area contributed by atoms with E-state index in [0.29, 0.717) is 24.6 Å². The molecule has 1 aromatic heterocycles. The predicted molar refractivity (Wildman–Crippen MR) is 72.3 cm³/mol. The van der Waals surface area contributed by atoms with Gasteiger partial charge in [-0.05, 0) is 19.4 Å². The van der Waals surface area contributed by atoms with Crippen molar-refractivity contribution >= 4 is 5.82 Å². The summed E-state index contributed by atoms with van der Waals surface area (Å²) in [5.74, 6) is 0.277. The molecular weight excluding hydrogens is 256 g/mol. The minimum atomic E-state index is -0.406. The van der Waals surface area contributed by atoms with Crippen molar-refractivity contribution in [3.63, 3.8) is 0 Å². The second-order valence-electron chi connectivity index (χ2n) is 5.32. The summed E-state index contributed by atoms with van der Waals surface area (Å²) in [6.45, 7) is 6.68. The highest BCUT2D eigenvalue weighted by Crippen LogP contribution is 2.33. The van der Waals surface area contributed by atoms with Gasteiger partial charge in [-0.1, -0.05) is 0 Å². The number of piperidine rings is 1. The number of aromatic nitrogens is 2. The summed E-state index contributed by atoms with van der Waals surface area (Å²) in [5, 5.41) is 17.7. The molecule has 0 aliphatic carbocycles. The molecule has 20 heavy (non-hydrogen) atoms. The Morgan fingerprint density at radius 3 is 2.40 bits per heavy atom. The van der Waals surface area contributed by atoms with Gasteiger partial charge in [-0.25, -0.2) is 0 Å². The molecule has 106 valence electrons. The first-order chi connectivity index (χ1) is 9.65. The molecule has 1 spiro atoms. The zero-order chi connectivity index (χ0) is 14.2. The van der Waals surface area contributed by atoms with E-state index in [1.807, 2.05) is 13.8 Å². The highest BCUT2D eigenvalue weighted by atomic mass is 16.7. The average molecular weight is 274 g/mol. The first-order valence-electron chi connectivity index (χ1n) is 6.92. The number of nitriles is 1. The third kappa shape index (κ3) is 2.13. The van der Waals surface area contributed by atoms with Crippen LogP contribution in [-0.2, 0) is 9.47 Å². The molecule has 0 aromatic carbocycles. The summed E-state index contributed by atoms with van der Waals surface area (Å²) >= 11 is 0. The minimum absolute atomic E-state index is 0.406. The molecule has 3 rings (SSSR count). The topological polar surface area (TPSA) is 71.3 Å². The highest BCUT2D eigenvalue weighted by Gasteiger charge is 2.40. The zero-order valence-electron chi connectivity index (χ0n) is 11.8. The standard InChI is InChI=1S/C14H18N4O2/c1-10-11(2)16-17-13(12(10)9-15)18-5-3-14(4-6-18)19-7-8-20-14/h3-8H2,1-2H3. The Morgan fingerprint density at radius 1 is 1.15 bits per heavy atom. The van der Waals surface area contributed by atoms with Gasteiger partial charge < -0.3 is 14.4 Å². The number of hydrogen-bond donors (Lipinski definition) is 0. The van der Waals surface area contributed by atoms with Crippen molar-refractivity contribution in [1.29, 1.82) is 5.26 Å². The van der Waals surface area contributed by atoms with E-state index in [2.05, 4.69) is 21.2 Å². The predicted octanol–water partition coefficient (Wildman–Crippen LogP) is 1.31. The van der Waals surface area contributed by atoms with Crippen LogP contribution in [0, 0.1) is 25.2 Å². The fourth-order valence-electron chi connectivity index (χ4n) is 2.80. The molecule has 0 N–H and O–H groups in total. The Morgan fingerprint density at radius 2 is 1.80 bits per heavy atom. The zero-order valence-corrected chi connectivity index (χ0v) is 11.8. The Kier molecular flexibility index (Phi) is 3.32. The SMILES string of the molecule is Cc1nnc(N2CCC3(CC2)OCCO3)c(C#N)c1C. The first kappa shape index (κ1) is 13.3. The van der Waals surface area contributed by atoms with Gasteiger partial charge in [0.25, 0.3) is 0 Å². The van der Waals surface area contributed by atoms with Crippen LogP contribution >= 0.6 is 0 Å². The fourth-order valence-corrected chi connectivity index (χ4v) is 2.80. The summed E-state index contributed by atoms with van der Waals surface area (Å²) in [6, 6.07) is 2.26. The molecule has 2 aliphatic heterocycles. The van der Waals surface area contributed by atoms with Crippen molar-refractivity contribution < 1.29 is 9.47 Å². The Hall–Kier alpha value is -1.71. The third-order valence-electron chi connectivity index (χ3n) is 4.19. The maximum atomic E-state index is 9.37. The average Bonchev–Trinajstić information content (AvgIpc) is 2.91. The van der Waals surface area contributed by atoms with Crippen molar-refractivity contribution in [3.05, 3.63) is 16.8 Å². The summed E-state index contributed by atoms with van der Waals surface area (Å²) < 4.78 is 11.4. The minimum Gasteiger partial charge on any atom is -0.354 e. The van der Waals surface area contributed by atoms with Crippen LogP contribution in [0.25, 0.3) is 0 Å². The summed E-state index contributed by atoms with van der Waals surface area (Å²) in [6.07, 6.45) is 1.60. The Labute approximate surface area is 118 Å². The van der Waals surface area contributed by atoms with Crippen LogP contribution in [0.3, 0.4) is 0 Å². The monoisotopic (exact) mass is 274 g/mol. The molecule has 6 nitrogen and oxygen atoms in total. The summed E-state index contributed by atoms with van der Waals surface area (Å²) in [5.41, 5.74) is 2.34. The van der Waals surface area contributed by atoms with Gasteiger partial charge in [0.05, 0.1) is 18.9 Å². The van der Waals surface area contributed by atoms with E-state index in [-0.39, 0.29) is 0 Å². The van der Waals surface area contributed by atoms with Crippen LogP contribution in [0.1, 0.15) is 29.7 Å². The lowest BCUT2D eigenvalue weighted by Gasteiger charge is -2.38. The molecule has 0 saturated carbocycles. The molecular formula is C14H18N4O2. The quantitative estimate of drug-likeness (QED) is 0.769. The van der Waals surface area contributed by atoms with Crippen LogP contribution in [0.2, 0.25) is 0 Å². The smallest absolute Gasteiger partial charge is 0.171 e. The first-order valence-corrected chi connectivity index (χ1v) is 6.92. The number of hydrogen-bond acceptors (Lipinski definition) is 6. The van der Waals surface area contributed by atoms with E-state index < -0.39 is 5.79 Å². The normalized spacial score (nSPS) is 21.1. The van der Waals surface area contributed by atoms with E-state index in [9.17, 15) is 5.26 Å². The van der Waals surface area contributed by atoms with Gasteiger partial charge in [0.2, 0.25) is 0 Å². The van der Waals surface area contributed by atoms with E-state index in [1.165, 1.54) is 0 Å². The van der Waals surface area contributed by atoms with Crippen LogP contribution < -0.4 is 4.90 Å². The number of aryl methyl sites for hydroxylation is 1. The lowest BCUT2D eigenvalue weighted by Crippen LogP contribution is -2.45. The largest absolute Gasteiger partial charge is 0.354 e. The molecule has 2 fully saturated rings. The van der Waals surface area contributed by atoms with Gasteiger partial charge in [-0.3, -0.25) is 0 Å². The second-order valence-corrected chi connectivity index (χ2v) is 5.32. The van der Waals surface area contributed by atoms with E-state index in [0.717, 1.165) is 37.2 Å². The second kappa shape index (κ2) is 5.00. The van der Waals surface area contributed by atoms with E-state index in [1.54, 1.807) is 0 Å². The third-order valence-corrected chi connectivity index (χ3v) is 4.19.